The first kappa shape index (κ1) is 16.0. The number of anilines is 1. The Morgan fingerprint density at radius 2 is 1.92 bits per heavy atom. The highest BCUT2D eigenvalue weighted by molar-refractivity contribution is 6.08. The third-order valence-corrected chi connectivity index (χ3v) is 3.93. The number of hydrogen-bond donors (Lipinski definition) is 1. The van der Waals surface area contributed by atoms with Crippen molar-refractivity contribution in [2.24, 2.45) is 0 Å². The van der Waals surface area contributed by atoms with Crippen molar-refractivity contribution in [1.29, 1.82) is 0 Å². The number of ketones is 1. The number of hydrogen-bond acceptors (Lipinski definition) is 3. The summed E-state index contributed by atoms with van der Waals surface area (Å²) in [4.78, 5) is 23.7. The number of fused-ring (bicyclic) bond motifs is 1. The van der Waals surface area contributed by atoms with Gasteiger partial charge in [0.05, 0.1) is 5.69 Å². The van der Waals surface area contributed by atoms with Crippen LogP contribution in [0.3, 0.4) is 0 Å². The lowest BCUT2D eigenvalue weighted by Crippen LogP contribution is -2.25. The van der Waals surface area contributed by atoms with Crippen LogP contribution in [-0.4, -0.2) is 18.3 Å². The highest BCUT2D eigenvalue weighted by atomic mass is 16.5. The first-order valence-corrected chi connectivity index (χ1v) is 7.92. The van der Waals surface area contributed by atoms with Crippen LogP contribution in [0, 0.1) is 0 Å². The smallest absolute Gasteiger partial charge is 0.262 e. The van der Waals surface area contributed by atoms with E-state index < -0.39 is 0 Å². The molecule has 2 aromatic carbocycles. The number of carbonyl (C=O) groups excluding carboxylic acids is 2. The second kappa shape index (κ2) is 6.71. The Labute approximate surface area is 141 Å². The summed E-state index contributed by atoms with van der Waals surface area (Å²) < 4.78 is 5.29. The van der Waals surface area contributed by atoms with Crippen molar-refractivity contribution in [1.82, 2.24) is 0 Å². The molecule has 1 amide bonds. The van der Waals surface area contributed by atoms with E-state index in [-0.39, 0.29) is 18.3 Å². The molecule has 1 aliphatic heterocycles. The number of carbonyl (C=O) groups is 2. The number of amides is 1. The minimum atomic E-state index is -0.215. The first-order valence-electron chi connectivity index (χ1n) is 7.92. The summed E-state index contributed by atoms with van der Waals surface area (Å²) in [6.45, 7) is 4.30. The van der Waals surface area contributed by atoms with E-state index >= 15 is 0 Å². The van der Waals surface area contributed by atoms with Gasteiger partial charge in [-0.15, -0.1) is 0 Å². The molecule has 4 nitrogen and oxygen atoms in total. The quantitative estimate of drug-likeness (QED) is 0.683. The highest BCUT2D eigenvalue weighted by Crippen LogP contribution is 2.28. The zero-order chi connectivity index (χ0) is 17.1. The fraction of sp³-hybridized carbons (Fsp3) is 0.200. The first-order chi connectivity index (χ1) is 11.5. The van der Waals surface area contributed by atoms with E-state index in [9.17, 15) is 9.59 Å². The maximum Gasteiger partial charge on any atom is 0.262 e. The fourth-order valence-electron chi connectivity index (χ4n) is 2.50. The maximum atomic E-state index is 12.3. The summed E-state index contributed by atoms with van der Waals surface area (Å²) in [5, 5.41) is 2.71. The molecule has 2 aromatic rings. The molecule has 122 valence electrons. The van der Waals surface area contributed by atoms with Gasteiger partial charge in [0.15, 0.2) is 12.4 Å². The lowest BCUT2D eigenvalue weighted by Gasteiger charge is -2.17. The van der Waals surface area contributed by atoms with Gasteiger partial charge < -0.3 is 10.1 Å². The number of rotatable bonds is 4. The van der Waals surface area contributed by atoms with E-state index in [1.165, 1.54) is 11.6 Å². The van der Waals surface area contributed by atoms with Gasteiger partial charge in [-0.2, -0.15) is 0 Å². The van der Waals surface area contributed by atoms with E-state index in [1.54, 1.807) is 24.3 Å². The monoisotopic (exact) mass is 321 g/mol. The molecule has 0 saturated heterocycles. The molecular formula is C20H19NO3. The maximum absolute atomic E-state index is 12.3. The Morgan fingerprint density at radius 3 is 2.62 bits per heavy atom. The van der Waals surface area contributed by atoms with E-state index in [0.717, 1.165) is 5.56 Å². The predicted molar refractivity (Wildman–Crippen MR) is 94.5 cm³/mol. The van der Waals surface area contributed by atoms with Crippen LogP contribution in [0.2, 0.25) is 0 Å². The van der Waals surface area contributed by atoms with Crippen molar-refractivity contribution in [3.05, 3.63) is 65.2 Å². The van der Waals surface area contributed by atoms with Gasteiger partial charge in [-0.25, -0.2) is 0 Å². The lowest BCUT2D eigenvalue weighted by molar-refractivity contribution is -0.118. The van der Waals surface area contributed by atoms with Gasteiger partial charge in [0, 0.05) is 5.56 Å². The van der Waals surface area contributed by atoms with Crippen LogP contribution in [0.25, 0.3) is 6.08 Å². The van der Waals surface area contributed by atoms with Crippen LogP contribution in [0.4, 0.5) is 5.69 Å². The summed E-state index contributed by atoms with van der Waals surface area (Å²) in [7, 11) is 0. The van der Waals surface area contributed by atoms with Crippen LogP contribution in [0.5, 0.6) is 5.75 Å². The predicted octanol–water partition coefficient (Wildman–Crippen LogP) is 4.04. The Bertz CT molecular complexity index is 804. The zero-order valence-corrected chi connectivity index (χ0v) is 13.7. The summed E-state index contributed by atoms with van der Waals surface area (Å²) in [5.41, 5.74) is 3.28. The Morgan fingerprint density at radius 1 is 1.17 bits per heavy atom. The van der Waals surface area contributed by atoms with Crippen LogP contribution in [-0.2, 0) is 4.79 Å². The number of allylic oxidation sites excluding steroid dienone is 1. The third kappa shape index (κ3) is 3.54. The minimum Gasteiger partial charge on any atom is -0.482 e. The highest BCUT2D eigenvalue weighted by Gasteiger charge is 2.17. The second-order valence-corrected chi connectivity index (χ2v) is 6.07. The molecule has 0 bridgehead atoms. The summed E-state index contributed by atoms with van der Waals surface area (Å²) in [5.74, 6) is 0.732. The number of nitrogens with one attached hydrogen (secondary N) is 1. The Balaban J connectivity index is 1.75. The molecule has 24 heavy (non-hydrogen) atoms. The van der Waals surface area contributed by atoms with Crippen LogP contribution in [0.1, 0.15) is 41.3 Å². The molecule has 0 radical (unpaired) electrons. The molecule has 1 heterocycles. The Kier molecular flexibility index (Phi) is 4.47. The molecule has 0 aromatic heterocycles. The molecule has 0 atom stereocenters. The molecule has 3 rings (SSSR count). The molecule has 1 N–H and O–H groups in total. The molecule has 4 heteroatoms. The van der Waals surface area contributed by atoms with Gasteiger partial charge in [0.1, 0.15) is 5.75 Å². The van der Waals surface area contributed by atoms with Crippen LogP contribution < -0.4 is 10.1 Å². The molecular weight excluding hydrogens is 302 g/mol. The van der Waals surface area contributed by atoms with Crippen molar-refractivity contribution in [2.75, 3.05) is 11.9 Å². The third-order valence-electron chi connectivity index (χ3n) is 3.93. The second-order valence-electron chi connectivity index (χ2n) is 6.07. The molecule has 0 spiro atoms. The summed E-state index contributed by atoms with van der Waals surface area (Å²) >= 11 is 0. The number of ether oxygens (including phenoxy) is 1. The van der Waals surface area contributed by atoms with E-state index in [1.807, 2.05) is 12.1 Å². The van der Waals surface area contributed by atoms with Gasteiger partial charge in [-0.05, 0) is 41.3 Å². The van der Waals surface area contributed by atoms with Crippen molar-refractivity contribution >= 4 is 23.5 Å². The summed E-state index contributed by atoms with van der Waals surface area (Å²) in [6, 6.07) is 13.2. The van der Waals surface area contributed by atoms with Crippen molar-refractivity contribution in [3.63, 3.8) is 0 Å². The van der Waals surface area contributed by atoms with Gasteiger partial charge in [-0.1, -0.05) is 44.2 Å². The SMILES string of the molecule is CC(C)c1ccc(/C=C/C(=O)c2ccc3c(c2)NC(=O)CO3)cc1. The van der Waals surface area contributed by atoms with Crippen LogP contribution in [0.15, 0.2) is 48.5 Å². The average molecular weight is 321 g/mol. The van der Waals surface area contributed by atoms with E-state index in [4.69, 9.17) is 4.74 Å². The van der Waals surface area contributed by atoms with E-state index in [0.29, 0.717) is 22.9 Å². The number of benzene rings is 2. The molecule has 1 aliphatic rings. The fourth-order valence-corrected chi connectivity index (χ4v) is 2.50. The van der Waals surface area contributed by atoms with Gasteiger partial charge in [-0.3, -0.25) is 9.59 Å². The molecule has 0 unspecified atom stereocenters. The minimum absolute atomic E-state index is 0.00652. The van der Waals surface area contributed by atoms with Gasteiger partial charge >= 0.3 is 0 Å². The largest absolute Gasteiger partial charge is 0.482 e. The molecule has 0 fully saturated rings. The normalized spacial score (nSPS) is 13.5. The standard InChI is InChI=1S/C20H19NO3/c1-13(2)15-6-3-14(4-7-15)5-9-18(22)16-8-10-19-17(11-16)21-20(23)12-24-19/h3-11,13H,12H2,1-2H3,(H,21,23)/b9-5+. The molecule has 0 saturated carbocycles. The summed E-state index contributed by atoms with van der Waals surface area (Å²) in [6.07, 6.45) is 3.33. The van der Waals surface area contributed by atoms with Gasteiger partial charge in [0.2, 0.25) is 0 Å². The zero-order valence-electron chi connectivity index (χ0n) is 13.7. The van der Waals surface area contributed by atoms with E-state index in [2.05, 4.69) is 31.3 Å². The van der Waals surface area contributed by atoms with Crippen molar-refractivity contribution in [3.8, 4) is 5.75 Å². The van der Waals surface area contributed by atoms with Crippen molar-refractivity contribution < 1.29 is 14.3 Å². The van der Waals surface area contributed by atoms with Crippen molar-refractivity contribution in [2.45, 2.75) is 19.8 Å². The lowest BCUT2D eigenvalue weighted by atomic mass is 10.0. The Hall–Kier alpha value is -2.88. The molecule has 0 aliphatic carbocycles. The van der Waals surface area contributed by atoms with Crippen LogP contribution >= 0.6 is 0 Å². The van der Waals surface area contributed by atoms with Gasteiger partial charge in [0.25, 0.3) is 5.91 Å². The average Bonchev–Trinajstić information content (AvgIpc) is 2.59. The topological polar surface area (TPSA) is 55.4 Å².